The minimum Gasteiger partial charge on any atom is -0.298 e. The number of nitrogens with zero attached hydrogens (tertiary/aromatic N) is 3. The molecular formula is C16H12BrN3O. The fourth-order valence-electron chi connectivity index (χ4n) is 2.09. The van der Waals surface area contributed by atoms with Gasteiger partial charge in [0.15, 0.2) is 6.29 Å². The van der Waals surface area contributed by atoms with Crippen LogP contribution in [-0.2, 0) is 6.54 Å². The summed E-state index contributed by atoms with van der Waals surface area (Å²) < 4.78 is 2.65. The molecular weight excluding hydrogens is 330 g/mol. The van der Waals surface area contributed by atoms with Crippen molar-refractivity contribution >= 4 is 22.2 Å². The van der Waals surface area contributed by atoms with Gasteiger partial charge < -0.3 is 0 Å². The second-order valence-corrected chi connectivity index (χ2v) is 5.51. The fraction of sp³-hybridized carbons (Fsp3) is 0.0625. The summed E-state index contributed by atoms with van der Waals surface area (Å²) in [5.41, 5.74) is 2.97. The fourth-order valence-corrected chi connectivity index (χ4v) is 2.32. The van der Waals surface area contributed by atoms with E-state index in [9.17, 15) is 4.79 Å². The molecule has 0 amide bonds. The van der Waals surface area contributed by atoms with Gasteiger partial charge in [-0.05, 0) is 33.6 Å². The van der Waals surface area contributed by atoms with Gasteiger partial charge in [0, 0.05) is 16.9 Å². The third-order valence-corrected chi connectivity index (χ3v) is 3.54. The van der Waals surface area contributed by atoms with Crippen molar-refractivity contribution in [1.29, 1.82) is 0 Å². The van der Waals surface area contributed by atoms with E-state index in [0.717, 1.165) is 16.3 Å². The zero-order valence-corrected chi connectivity index (χ0v) is 12.7. The normalized spacial score (nSPS) is 10.5. The molecule has 0 unspecified atom stereocenters. The summed E-state index contributed by atoms with van der Waals surface area (Å²) in [6.45, 7) is 0.623. The lowest BCUT2D eigenvalue weighted by Crippen LogP contribution is -2.00. The van der Waals surface area contributed by atoms with E-state index in [2.05, 4.69) is 26.0 Å². The van der Waals surface area contributed by atoms with E-state index in [0.29, 0.717) is 23.5 Å². The average Bonchev–Trinajstić information content (AvgIpc) is 2.92. The van der Waals surface area contributed by atoms with Crippen molar-refractivity contribution in [1.82, 2.24) is 14.8 Å². The van der Waals surface area contributed by atoms with Crippen LogP contribution in [0.5, 0.6) is 0 Å². The van der Waals surface area contributed by atoms with E-state index in [1.807, 2.05) is 42.5 Å². The Labute approximate surface area is 130 Å². The number of hydrogen-bond donors (Lipinski definition) is 0. The van der Waals surface area contributed by atoms with Gasteiger partial charge in [-0.1, -0.05) is 30.3 Å². The zero-order valence-electron chi connectivity index (χ0n) is 11.1. The summed E-state index contributed by atoms with van der Waals surface area (Å²) in [5, 5.41) is 4.48. The number of benzene rings is 1. The van der Waals surface area contributed by atoms with Crippen LogP contribution in [0.4, 0.5) is 0 Å². The maximum absolute atomic E-state index is 11.2. The predicted molar refractivity (Wildman–Crippen MR) is 84.1 cm³/mol. The molecule has 0 atom stereocenters. The molecule has 0 spiro atoms. The molecule has 0 aliphatic heterocycles. The van der Waals surface area contributed by atoms with Crippen LogP contribution in [-0.4, -0.2) is 21.1 Å². The Hall–Kier alpha value is -2.27. The van der Waals surface area contributed by atoms with Crippen LogP contribution in [0.25, 0.3) is 11.4 Å². The van der Waals surface area contributed by atoms with Gasteiger partial charge in [0.05, 0.1) is 17.8 Å². The third-order valence-electron chi connectivity index (χ3n) is 3.07. The largest absolute Gasteiger partial charge is 0.298 e. The van der Waals surface area contributed by atoms with E-state index < -0.39 is 0 Å². The van der Waals surface area contributed by atoms with Gasteiger partial charge in [-0.15, -0.1) is 0 Å². The smallest absolute Gasteiger partial charge is 0.153 e. The summed E-state index contributed by atoms with van der Waals surface area (Å²) >= 11 is 3.35. The number of pyridine rings is 1. The molecule has 0 bridgehead atoms. The monoisotopic (exact) mass is 341 g/mol. The number of aromatic nitrogens is 3. The Morgan fingerprint density at radius 2 is 1.95 bits per heavy atom. The first-order valence-corrected chi connectivity index (χ1v) is 7.24. The van der Waals surface area contributed by atoms with Crippen LogP contribution in [0.2, 0.25) is 0 Å². The van der Waals surface area contributed by atoms with E-state index in [1.165, 1.54) is 0 Å². The molecule has 0 saturated heterocycles. The van der Waals surface area contributed by atoms with Gasteiger partial charge in [-0.25, -0.2) is 0 Å². The highest BCUT2D eigenvalue weighted by Crippen LogP contribution is 2.20. The number of carbonyl (C=O) groups is 1. The number of hydrogen-bond acceptors (Lipinski definition) is 3. The maximum atomic E-state index is 11.2. The van der Waals surface area contributed by atoms with Crippen LogP contribution in [0.1, 0.15) is 15.9 Å². The molecule has 0 aliphatic carbocycles. The number of aldehydes is 1. The van der Waals surface area contributed by atoms with Crippen molar-refractivity contribution in [3.05, 3.63) is 70.5 Å². The number of halogens is 1. The summed E-state index contributed by atoms with van der Waals surface area (Å²) in [7, 11) is 0. The van der Waals surface area contributed by atoms with Crippen molar-refractivity contribution < 1.29 is 4.79 Å². The number of carbonyl (C=O) groups excluding carboxylic acids is 1. The van der Waals surface area contributed by atoms with Crippen LogP contribution < -0.4 is 0 Å². The Bertz CT molecular complexity index is 751. The molecule has 0 radical (unpaired) electrons. The molecule has 0 N–H and O–H groups in total. The molecule has 3 aromatic rings. The molecule has 0 saturated carbocycles. The van der Waals surface area contributed by atoms with Crippen LogP contribution in [0.15, 0.2) is 59.3 Å². The topological polar surface area (TPSA) is 47.8 Å². The predicted octanol–water partition coefficient (Wildman–Crippen LogP) is 3.57. The first-order valence-electron chi connectivity index (χ1n) is 6.45. The Morgan fingerprint density at radius 1 is 1.14 bits per heavy atom. The van der Waals surface area contributed by atoms with Crippen molar-refractivity contribution in [3.63, 3.8) is 0 Å². The molecule has 0 fully saturated rings. The SMILES string of the molecule is O=Cc1cn(Cc2ccccc2)nc1-c1ccc(Br)cn1. The highest BCUT2D eigenvalue weighted by molar-refractivity contribution is 9.10. The van der Waals surface area contributed by atoms with Crippen molar-refractivity contribution in [2.45, 2.75) is 6.54 Å². The lowest BCUT2D eigenvalue weighted by atomic mass is 10.2. The zero-order chi connectivity index (χ0) is 14.7. The molecule has 1 aromatic carbocycles. The van der Waals surface area contributed by atoms with Crippen LogP contribution in [0.3, 0.4) is 0 Å². The second kappa shape index (κ2) is 6.01. The Morgan fingerprint density at radius 3 is 2.62 bits per heavy atom. The minimum atomic E-state index is 0.542. The number of rotatable bonds is 4. The molecule has 2 aromatic heterocycles. The quantitative estimate of drug-likeness (QED) is 0.681. The molecule has 5 heteroatoms. The van der Waals surface area contributed by atoms with Crippen molar-refractivity contribution in [2.24, 2.45) is 0 Å². The van der Waals surface area contributed by atoms with Gasteiger partial charge in [0.1, 0.15) is 5.69 Å². The average molecular weight is 342 g/mol. The first kappa shape index (κ1) is 13.7. The molecule has 4 nitrogen and oxygen atoms in total. The standard InChI is InChI=1S/C16H12BrN3O/c17-14-6-7-15(18-8-14)16-13(11-21)10-20(19-16)9-12-4-2-1-3-5-12/h1-8,10-11H,9H2. The van der Waals surface area contributed by atoms with Gasteiger partial charge in [-0.3, -0.25) is 14.5 Å². The Kier molecular flexibility index (Phi) is 3.92. The highest BCUT2D eigenvalue weighted by atomic mass is 79.9. The van der Waals surface area contributed by atoms with Crippen LogP contribution in [0, 0.1) is 0 Å². The van der Waals surface area contributed by atoms with Gasteiger partial charge in [0.25, 0.3) is 0 Å². The van der Waals surface area contributed by atoms with Crippen LogP contribution >= 0.6 is 15.9 Å². The highest BCUT2D eigenvalue weighted by Gasteiger charge is 2.12. The van der Waals surface area contributed by atoms with Gasteiger partial charge in [-0.2, -0.15) is 5.10 Å². The minimum absolute atomic E-state index is 0.542. The molecule has 104 valence electrons. The van der Waals surface area contributed by atoms with E-state index in [1.54, 1.807) is 17.1 Å². The first-order chi connectivity index (χ1) is 10.3. The van der Waals surface area contributed by atoms with Crippen molar-refractivity contribution in [2.75, 3.05) is 0 Å². The summed E-state index contributed by atoms with van der Waals surface area (Å²) in [6.07, 6.45) is 4.26. The van der Waals surface area contributed by atoms with E-state index >= 15 is 0 Å². The van der Waals surface area contributed by atoms with Gasteiger partial charge >= 0.3 is 0 Å². The maximum Gasteiger partial charge on any atom is 0.153 e. The molecule has 3 rings (SSSR count). The lowest BCUT2D eigenvalue weighted by Gasteiger charge is -2.01. The lowest BCUT2D eigenvalue weighted by molar-refractivity contribution is 0.112. The molecule has 2 heterocycles. The Balaban J connectivity index is 1.95. The summed E-state index contributed by atoms with van der Waals surface area (Å²) in [6, 6.07) is 13.7. The molecule has 0 aliphatic rings. The van der Waals surface area contributed by atoms with E-state index in [-0.39, 0.29) is 0 Å². The molecule has 21 heavy (non-hydrogen) atoms. The van der Waals surface area contributed by atoms with Crippen molar-refractivity contribution in [3.8, 4) is 11.4 Å². The second-order valence-electron chi connectivity index (χ2n) is 4.60. The van der Waals surface area contributed by atoms with E-state index in [4.69, 9.17) is 0 Å². The summed E-state index contributed by atoms with van der Waals surface area (Å²) in [5.74, 6) is 0. The third kappa shape index (κ3) is 3.08. The summed E-state index contributed by atoms with van der Waals surface area (Å²) in [4.78, 5) is 15.5. The van der Waals surface area contributed by atoms with Gasteiger partial charge in [0.2, 0.25) is 0 Å².